The van der Waals surface area contributed by atoms with Crippen LogP contribution in [0.15, 0.2) is 12.3 Å². The molecule has 0 aliphatic heterocycles. The Morgan fingerprint density at radius 2 is 2.06 bits per heavy atom. The van der Waals surface area contributed by atoms with E-state index in [1.54, 1.807) is 6.20 Å². The molecular weight excluding hydrogens is 248 g/mol. The summed E-state index contributed by atoms with van der Waals surface area (Å²) in [5.74, 6) is 0.0181. The van der Waals surface area contributed by atoms with Crippen LogP contribution < -0.4 is 5.32 Å². The number of hydrogen-bond acceptors (Lipinski definition) is 2. The normalized spacial score (nSPS) is 10.4. The smallest absolute Gasteiger partial charge is 0.224 e. The zero-order valence-electron chi connectivity index (χ0n) is 11.1. The van der Waals surface area contributed by atoms with Crippen LogP contribution in [0.3, 0.4) is 0 Å². The van der Waals surface area contributed by atoms with E-state index in [0.717, 1.165) is 18.4 Å². The van der Waals surface area contributed by atoms with Crippen molar-refractivity contribution >= 4 is 23.2 Å². The number of unbranched alkanes of at least 4 members (excludes halogenated alkanes) is 4. The second kappa shape index (κ2) is 8.09. The lowest BCUT2D eigenvalue weighted by Crippen LogP contribution is -2.12. The van der Waals surface area contributed by atoms with Crippen LogP contribution in [-0.4, -0.2) is 10.9 Å². The number of carbonyl (C=O) groups is 1. The summed E-state index contributed by atoms with van der Waals surface area (Å²) in [6.07, 6.45) is 7.90. The number of anilines is 1. The van der Waals surface area contributed by atoms with Gasteiger partial charge in [0, 0.05) is 12.6 Å². The molecule has 0 aliphatic rings. The predicted molar refractivity (Wildman–Crippen MR) is 76.0 cm³/mol. The molecule has 0 aromatic carbocycles. The Labute approximate surface area is 114 Å². The number of pyridine rings is 1. The van der Waals surface area contributed by atoms with Crippen molar-refractivity contribution < 1.29 is 4.79 Å². The summed E-state index contributed by atoms with van der Waals surface area (Å²) in [4.78, 5) is 15.7. The first-order valence-corrected chi connectivity index (χ1v) is 6.94. The van der Waals surface area contributed by atoms with Crippen LogP contribution in [0.2, 0.25) is 5.15 Å². The number of nitrogens with one attached hydrogen (secondary N) is 1. The second-order valence-electron chi connectivity index (χ2n) is 4.51. The molecule has 0 saturated heterocycles. The predicted octanol–water partition coefficient (Wildman–Crippen LogP) is 4.34. The Kier molecular flexibility index (Phi) is 6.73. The summed E-state index contributed by atoms with van der Waals surface area (Å²) in [5.41, 5.74) is 1.58. The van der Waals surface area contributed by atoms with Crippen molar-refractivity contribution in [1.29, 1.82) is 0 Å². The van der Waals surface area contributed by atoms with Gasteiger partial charge in [-0.1, -0.05) is 44.2 Å². The molecule has 1 amide bonds. The van der Waals surface area contributed by atoms with Crippen molar-refractivity contribution in [3.8, 4) is 0 Å². The summed E-state index contributed by atoms with van der Waals surface area (Å²) in [5, 5.41) is 3.19. The fraction of sp³-hybridized carbons (Fsp3) is 0.571. The average Bonchev–Trinajstić information content (AvgIpc) is 2.34. The lowest BCUT2D eigenvalue weighted by atomic mass is 10.1. The van der Waals surface area contributed by atoms with Crippen molar-refractivity contribution in [3.05, 3.63) is 23.0 Å². The number of nitrogens with zero attached hydrogens (tertiary/aromatic N) is 1. The van der Waals surface area contributed by atoms with Crippen LogP contribution in [0, 0.1) is 6.92 Å². The first-order chi connectivity index (χ1) is 8.65. The molecule has 18 heavy (non-hydrogen) atoms. The molecular formula is C14H21ClN2O. The van der Waals surface area contributed by atoms with Crippen molar-refractivity contribution in [2.24, 2.45) is 0 Å². The van der Waals surface area contributed by atoms with Gasteiger partial charge in [0.1, 0.15) is 0 Å². The van der Waals surface area contributed by atoms with Gasteiger partial charge in [-0.25, -0.2) is 4.98 Å². The summed E-state index contributed by atoms with van der Waals surface area (Å²) in [6.45, 7) is 4.09. The van der Waals surface area contributed by atoms with Gasteiger partial charge >= 0.3 is 0 Å². The Bertz CT molecular complexity index is 373. The largest absolute Gasteiger partial charge is 0.323 e. The first-order valence-electron chi connectivity index (χ1n) is 6.56. The second-order valence-corrected chi connectivity index (χ2v) is 4.86. The third-order valence-corrected chi connectivity index (χ3v) is 3.17. The number of carbonyl (C=O) groups excluding carboxylic acids is 1. The van der Waals surface area contributed by atoms with E-state index in [-0.39, 0.29) is 5.91 Å². The van der Waals surface area contributed by atoms with Crippen LogP contribution in [0.4, 0.5) is 5.69 Å². The molecule has 0 radical (unpaired) electrons. The van der Waals surface area contributed by atoms with Gasteiger partial charge < -0.3 is 5.32 Å². The third kappa shape index (κ3) is 5.05. The number of aryl methyl sites for hydroxylation is 1. The van der Waals surface area contributed by atoms with Crippen molar-refractivity contribution in [2.75, 3.05) is 5.32 Å². The molecule has 1 N–H and O–H groups in total. The Hall–Kier alpha value is -1.09. The monoisotopic (exact) mass is 268 g/mol. The zero-order chi connectivity index (χ0) is 13.4. The van der Waals surface area contributed by atoms with Crippen molar-refractivity contribution in [3.63, 3.8) is 0 Å². The molecule has 0 bridgehead atoms. The highest BCUT2D eigenvalue weighted by molar-refractivity contribution is 6.32. The van der Waals surface area contributed by atoms with E-state index in [0.29, 0.717) is 17.3 Å². The summed E-state index contributed by atoms with van der Waals surface area (Å²) < 4.78 is 0. The molecule has 4 heteroatoms. The van der Waals surface area contributed by atoms with E-state index in [9.17, 15) is 4.79 Å². The molecule has 3 nitrogen and oxygen atoms in total. The molecule has 1 aromatic heterocycles. The molecule has 1 heterocycles. The molecule has 0 atom stereocenters. The minimum atomic E-state index is 0.0181. The summed E-state index contributed by atoms with van der Waals surface area (Å²) in [7, 11) is 0. The SMILES string of the molecule is CCCCCCCC(=O)Nc1c(C)ccnc1Cl. The van der Waals surface area contributed by atoms with Gasteiger partial charge in [-0.05, 0) is 25.0 Å². The lowest BCUT2D eigenvalue weighted by molar-refractivity contribution is -0.116. The maximum Gasteiger partial charge on any atom is 0.224 e. The zero-order valence-corrected chi connectivity index (χ0v) is 11.9. The third-order valence-electron chi connectivity index (χ3n) is 2.88. The molecule has 1 aromatic rings. The first kappa shape index (κ1) is 15.0. The van der Waals surface area contributed by atoms with Gasteiger partial charge in [0.05, 0.1) is 5.69 Å². The van der Waals surface area contributed by atoms with Crippen LogP contribution >= 0.6 is 11.6 Å². The van der Waals surface area contributed by atoms with Crippen LogP contribution in [0.25, 0.3) is 0 Å². The van der Waals surface area contributed by atoms with Gasteiger partial charge in [-0.3, -0.25) is 4.79 Å². The van der Waals surface area contributed by atoms with Crippen LogP contribution in [-0.2, 0) is 4.79 Å². The van der Waals surface area contributed by atoms with E-state index in [1.165, 1.54) is 19.3 Å². The quantitative estimate of drug-likeness (QED) is 0.590. The van der Waals surface area contributed by atoms with Crippen LogP contribution in [0.1, 0.15) is 51.0 Å². The number of halogens is 1. The van der Waals surface area contributed by atoms with E-state index < -0.39 is 0 Å². The van der Waals surface area contributed by atoms with Crippen molar-refractivity contribution in [2.45, 2.75) is 52.4 Å². The summed E-state index contributed by atoms with van der Waals surface area (Å²) >= 11 is 5.95. The molecule has 0 spiro atoms. The highest BCUT2D eigenvalue weighted by Gasteiger charge is 2.08. The molecule has 100 valence electrons. The van der Waals surface area contributed by atoms with E-state index in [4.69, 9.17) is 11.6 Å². The fourth-order valence-electron chi connectivity index (χ4n) is 1.77. The molecule has 0 saturated carbocycles. The molecule has 0 aliphatic carbocycles. The van der Waals surface area contributed by atoms with Crippen molar-refractivity contribution in [1.82, 2.24) is 4.98 Å². The summed E-state index contributed by atoms with van der Waals surface area (Å²) in [6, 6.07) is 1.84. The molecule has 1 rings (SSSR count). The van der Waals surface area contributed by atoms with E-state index in [2.05, 4.69) is 17.2 Å². The average molecular weight is 269 g/mol. The minimum absolute atomic E-state index is 0.0181. The van der Waals surface area contributed by atoms with Gasteiger partial charge in [0.2, 0.25) is 5.91 Å². The van der Waals surface area contributed by atoms with Gasteiger partial charge in [-0.15, -0.1) is 0 Å². The topological polar surface area (TPSA) is 42.0 Å². The molecule has 0 unspecified atom stereocenters. The van der Waals surface area contributed by atoms with Gasteiger partial charge in [0.15, 0.2) is 5.15 Å². The fourth-order valence-corrected chi connectivity index (χ4v) is 2.02. The minimum Gasteiger partial charge on any atom is -0.323 e. The van der Waals surface area contributed by atoms with Gasteiger partial charge in [0.25, 0.3) is 0 Å². The number of rotatable bonds is 7. The van der Waals surface area contributed by atoms with Crippen LogP contribution in [0.5, 0.6) is 0 Å². The van der Waals surface area contributed by atoms with Gasteiger partial charge in [-0.2, -0.15) is 0 Å². The Morgan fingerprint density at radius 3 is 2.72 bits per heavy atom. The maximum atomic E-state index is 11.8. The Balaban J connectivity index is 2.36. The standard InChI is InChI=1S/C14H21ClN2O/c1-3-4-5-6-7-8-12(18)17-13-11(2)9-10-16-14(13)15/h9-10H,3-8H2,1-2H3,(H,17,18). The van der Waals surface area contributed by atoms with E-state index >= 15 is 0 Å². The number of amides is 1. The lowest BCUT2D eigenvalue weighted by Gasteiger charge is -2.09. The highest BCUT2D eigenvalue weighted by atomic mass is 35.5. The molecule has 0 fully saturated rings. The Morgan fingerprint density at radius 1 is 1.33 bits per heavy atom. The highest BCUT2D eigenvalue weighted by Crippen LogP contribution is 2.23. The number of hydrogen-bond donors (Lipinski definition) is 1. The number of aromatic nitrogens is 1. The van der Waals surface area contributed by atoms with E-state index in [1.807, 2.05) is 13.0 Å². The maximum absolute atomic E-state index is 11.8.